The third kappa shape index (κ3) is 5.54. The van der Waals surface area contributed by atoms with Crippen molar-refractivity contribution in [2.45, 2.75) is 18.9 Å². The highest BCUT2D eigenvalue weighted by Crippen LogP contribution is 2.26. The van der Waals surface area contributed by atoms with Gasteiger partial charge in [0.25, 0.3) is 5.91 Å². The number of pyridine rings is 1. The number of anilines is 3. The minimum Gasteiger partial charge on any atom is -0.457 e. The normalized spacial score (nSPS) is 15.1. The average molecular weight is 509 g/mol. The van der Waals surface area contributed by atoms with Crippen LogP contribution in [0.2, 0.25) is 0 Å². The Hall–Kier alpha value is -4.99. The van der Waals surface area contributed by atoms with E-state index in [2.05, 4.69) is 20.3 Å². The van der Waals surface area contributed by atoms with Crippen molar-refractivity contribution < 1.29 is 9.53 Å². The Morgan fingerprint density at radius 1 is 0.947 bits per heavy atom. The van der Waals surface area contributed by atoms with Gasteiger partial charge in [-0.2, -0.15) is 0 Å². The zero-order valence-electron chi connectivity index (χ0n) is 20.7. The number of piperidine rings is 1. The Kier molecular flexibility index (Phi) is 7.12. The van der Waals surface area contributed by atoms with E-state index in [1.165, 1.54) is 12.5 Å². The summed E-state index contributed by atoms with van der Waals surface area (Å²) in [6.45, 7) is 1.12. The van der Waals surface area contributed by atoms with Gasteiger partial charge in [-0.3, -0.25) is 10.2 Å². The van der Waals surface area contributed by atoms with Crippen LogP contribution in [0.5, 0.6) is 11.5 Å². The summed E-state index contributed by atoms with van der Waals surface area (Å²) in [5.74, 6) is 2.32. The minimum absolute atomic E-state index is 0.0723. The fraction of sp³-hybridized carbons (Fsp3) is 0.179. The van der Waals surface area contributed by atoms with Crippen molar-refractivity contribution in [3.63, 3.8) is 0 Å². The number of ether oxygens (including phenoxy) is 1. The molecule has 6 N–H and O–H groups in total. The SMILES string of the molecule is N=C(c1ccc(Oc2ccccc2)cc1)c1c(N)ncnc1NC1CCCN(C(=O)c2ccc(N)nc2)C1. The predicted molar refractivity (Wildman–Crippen MR) is 147 cm³/mol. The highest BCUT2D eigenvalue weighted by Gasteiger charge is 2.26. The number of aromatic nitrogens is 3. The van der Waals surface area contributed by atoms with Crippen LogP contribution in [0.1, 0.15) is 34.3 Å². The number of likely N-dealkylation sites (tertiary alicyclic amines) is 1. The lowest BCUT2D eigenvalue weighted by Gasteiger charge is -2.33. The van der Waals surface area contributed by atoms with E-state index >= 15 is 0 Å². The van der Waals surface area contributed by atoms with E-state index in [0.717, 1.165) is 18.6 Å². The first-order valence-electron chi connectivity index (χ1n) is 12.3. The number of hydrogen-bond donors (Lipinski definition) is 4. The van der Waals surface area contributed by atoms with Crippen molar-refractivity contribution in [1.82, 2.24) is 19.9 Å². The Morgan fingerprint density at radius 3 is 2.42 bits per heavy atom. The van der Waals surface area contributed by atoms with Gasteiger partial charge in [-0.05, 0) is 61.4 Å². The Bertz CT molecular complexity index is 1430. The predicted octanol–water partition coefficient (Wildman–Crippen LogP) is 3.96. The van der Waals surface area contributed by atoms with Crippen LogP contribution in [-0.2, 0) is 0 Å². The molecule has 1 aliphatic rings. The van der Waals surface area contributed by atoms with Gasteiger partial charge in [0, 0.05) is 30.9 Å². The average Bonchev–Trinajstić information content (AvgIpc) is 2.94. The number of rotatable bonds is 7. The number of nitrogens with one attached hydrogen (secondary N) is 2. The third-order valence-electron chi connectivity index (χ3n) is 6.33. The first-order chi connectivity index (χ1) is 18.5. The Balaban J connectivity index is 1.31. The molecule has 2 aromatic carbocycles. The Morgan fingerprint density at radius 2 is 1.68 bits per heavy atom. The summed E-state index contributed by atoms with van der Waals surface area (Å²) in [6, 6.07) is 19.9. The minimum atomic E-state index is -0.100. The molecule has 5 rings (SSSR count). The second-order valence-electron chi connectivity index (χ2n) is 9.00. The number of nitrogens with two attached hydrogens (primary N) is 2. The van der Waals surface area contributed by atoms with E-state index in [4.69, 9.17) is 21.6 Å². The van der Waals surface area contributed by atoms with E-state index in [9.17, 15) is 4.79 Å². The van der Waals surface area contributed by atoms with Crippen molar-refractivity contribution in [2.75, 3.05) is 29.9 Å². The van der Waals surface area contributed by atoms with E-state index in [0.29, 0.717) is 47.2 Å². The molecule has 3 heterocycles. The summed E-state index contributed by atoms with van der Waals surface area (Å²) in [7, 11) is 0. The summed E-state index contributed by atoms with van der Waals surface area (Å²) < 4.78 is 5.86. The van der Waals surface area contributed by atoms with Crippen LogP contribution in [0.4, 0.5) is 17.5 Å². The van der Waals surface area contributed by atoms with Crippen LogP contribution in [0.15, 0.2) is 79.3 Å². The molecule has 0 aliphatic carbocycles. The smallest absolute Gasteiger partial charge is 0.255 e. The van der Waals surface area contributed by atoms with E-state index in [-0.39, 0.29) is 23.5 Å². The number of nitrogens with zero attached hydrogens (tertiary/aromatic N) is 4. The molecule has 38 heavy (non-hydrogen) atoms. The topological polar surface area (TPSA) is 156 Å². The molecule has 4 aromatic rings. The number of carbonyl (C=O) groups excluding carboxylic acids is 1. The van der Waals surface area contributed by atoms with Crippen LogP contribution in [0.3, 0.4) is 0 Å². The molecule has 2 aromatic heterocycles. The first-order valence-corrected chi connectivity index (χ1v) is 12.3. The molecule has 10 nitrogen and oxygen atoms in total. The maximum atomic E-state index is 13.0. The molecule has 0 radical (unpaired) electrons. The van der Waals surface area contributed by atoms with E-state index < -0.39 is 0 Å². The molecule has 1 aliphatic heterocycles. The largest absolute Gasteiger partial charge is 0.457 e. The van der Waals surface area contributed by atoms with Gasteiger partial charge >= 0.3 is 0 Å². The van der Waals surface area contributed by atoms with Crippen molar-refractivity contribution in [3.8, 4) is 11.5 Å². The summed E-state index contributed by atoms with van der Waals surface area (Å²) in [5, 5.41) is 12.3. The molecule has 1 atom stereocenters. The first kappa shape index (κ1) is 24.7. The Labute approximate surface area is 220 Å². The second-order valence-corrected chi connectivity index (χ2v) is 9.00. The maximum Gasteiger partial charge on any atom is 0.255 e. The van der Waals surface area contributed by atoms with Gasteiger partial charge in [-0.25, -0.2) is 15.0 Å². The van der Waals surface area contributed by atoms with Gasteiger partial charge in [-0.1, -0.05) is 18.2 Å². The fourth-order valence-corrected chi connectivity index (χ4v) is 4.40. The van der Waals surface area contributed by atoms with Crippen molar-refractivity contribution >= 4 is 29.1 Å². The number of nitrogen functional groups attached to an aromatic ring is 2. The molecule has 1 saturated heterocycles. The number of benzene rings is 2. The van der Waals surface area contributed by atoms with Gasteiger partial charge in [0.15, 0.2) is 0 Å². The quantitative estimate of drug-likeness (QED) is 0.273. The second kappa shape index (κ2) is 11.0. The number of carbonyl (C=O) groups is 1. The monoisotopic (exact) mass is 508 g/mol. The molecule has 1 fully saturated rings. The van der Waals surface area contributed by atoms with Crippen LogP contribution in [0.25, 0.3) is 0 Å². The molecule has 0 bridgehead atoms. The van der Waals surface area contributed by atoms with Crippen molar-refractivity contribution in [3.05, 3.63) is 95.9 Å². The van der Waals surface area contributed by atoms with Crippen LogP contribution >= 0.6 is 0 Å². The van der Waals surface area contributed by atoms with Gasteiger partial charge < -0.3 is 26.4 Å². The fourth-order valence-electron chi connectivity index (χ4n) is 4.40. The van der Waals surface area contributed by atoms with Crippen LogP contribution in [-0.4, -0.2) is 50.6 Å². The maximum absolute atomic E-state index is 13.0. The highest BCUT2D eigenvalue weighted by molar-refractivity contribution is 6.16. The molecular formula is C28H28N8O2. The third-order valence-corrected chi connectivity index (χ3v) is 6.33. The van der Waals surface area contributed by atoms with E-state index in [1.807, 2.05) is 30.3 Å². The lowest BCUT2D eigenvalue weighted by atomic mass is 10.0. The van der Waals surface area contributed by atoms with Crippen LogP contribution in [0, 0.1) is 5.41 Å². The molecule has 192 valence electrons. The summed E-state index contributed by atoms with van der Waals surface area (Å²) in [5.41, 5.74) is 13.6. The van der Waals surface area contributed by atoms with Gasteiger partial charge in [0.1, 0.15) is 35.3 Å². The van der Waals surface area contributed by atoms with Gasteiger partial charge in [0.05, 0.1) is 16.8 Å². The molecule has 0 saturated carbocycles. The highest BCUT2D eigenvalue weighted by atomic mass is 16.5. The number of amides is 1. The summed E-state index contributed by atoms with van der Waals surface area (Å²) in [4.78, 5) is 27.3. The lowest BCUT2D eigenvalue weighted by molar-refractivity contribution is 0.0714. The van der Waals surface area contributed by atoms with E-state index in [1.54, 1.807) is 41.3 Å². The van der Waals surface area contributed by atoms with Crippen LogP contribution < -0.4 is 21.5 Å². The molecule has 0 spiro atoms. The number of para-hydroxylation sites is 1. The van der Waals surface area contributed by atoms with Crippen molar-refractivity contribution in [1.29, 1.82) is 5.41 Å². The van der Waals surface area contributed by atoms with Gasteiger partial charge in [-0.15, -0.1) is 0 Å². The van der Waals surface area contributed by atoms with Crippen molar-refractivity contribution in [2.24, 2.45) is 0 Å². The summed E-state index contributed by atoms with van der Waals surface area (Å²) >= 11 is 0. The number of hydrogen-bond acceptors (Lipinski definition) is 9. The summed E-state index contributed by atoms with van der Waals surface area (Å²) in [6.07, 6.45) is 4.53. The molecular weight excluding hydrogens is 480 g/mol. The van der Waals surface area contributed by atoms with Gasteiger partial charge in [0.2, 0.25) is 0 Å². The molecule has 1 unspecified atom stereocenters. The zero-order chi connectivity index (χ0) is 26.5. The molecule has 10 heteroatoms. The standard InChI is InChI=1S/C28H28N8O2/c29-23-13-10-19(15-32-23)28(37)36-14-4-5-20(16-36)35-27-24(26(31)33-17-34-27)25(30)18-8-11-22(12-9-18)38-21-6-2-1-3-7-21/h1-3,6-13,15,17,20,30H,4-5,14,16H2,(H2,29,32)(H3,31,33,34,35). The zero-order valence-corrected chi connectivity index (χ0v) is 20.7. The lowest BCUT2D eigenvalue weighted by Crippen LogP contribution is -2.45. The molecule has 1 amide bonds.